The van der Waals surface area contributed by atoms with Crippen LogP contribution in [0.5, 0.6) is 0 Å². The number of piperazine rings is 1. The molecule has 1 aromatic heterocycles. The van der Waals surface area contributed by atoms with Crippen molar-refractivity contribution in [3.05, 3.63) is 47.4 Å². The third-order valence-electron chi connectivity index (χ3n) is 5.77. The smallest absolute Gasteiger partial charge is 0.274 e. The zero-order chi connectivity index (χ0) is 18.8. The molecule has 142 valence electrons. The molecule has 27 heavy (non-hydrogen) atoms. The van der Waals surface area contributed by atoms with Gasteiger partial charge in [-0.1, -0.05) is 12.1 Å². The standard InChI is InChI=1S/C21H27N5O/c1-16-6-5-7-19(17(16)2)24-10-12-25(13-11-24)20-15-22-18(14-23-20)21(27)26-8-3-4-9-26/h5-7,14-15H,3-4,8-13H2,1-2H3. The molecule has 0 spiro atoms. The van der Waals surface area contributed by atoms with Crippen molar-refractivity contribution in [2.45, 2.75) is 26.7 Å². The molecule has 1 aromatic carbocycles. The van der Waals surface area contributed by atoms with Gasteiger partial charge in [0, 0.05) is 45.0 Å². The number of hydrogen-bond acceptors (Lipinski definition) is 5. The predicted octanol–water partition coefficient (Wildman–Crippen LogP) is 2.66. The molecule has 0 bridgehead atoms. The normalized spacial score (nSPS) is 17.5. The van der Waals surface area contributed by atoms with Gasteiger partial charge < -0.3 is 14.7 Å². The average molecular weight is 365 g/mol. The number of nitrogens with zero attached hydrogens (tertiary/aromatic N) is 5. The van der Waals surface area contributed by atoms with Crippen LogP contribution in [0, 0.1) is 13.8 Å². The number of aromatic nitrogens is 2. The number of anilines is 2. The van der Waals surface area contributed by atoms with Crippen molar-refractivity contribution in [2.75, 3.05) is 49.1 Å². The van der Waals surface area contributed by atoms with Gasteiger partial charge in [-0.05, 0) is 43.9 Å². The van der Waals surface area contributed by atoms with E-state index in [-0.39, 0.29) is 5.91 Å². The molecule has 0 saturated carbocycles. The quantitative estimate of drug-likeness (QED) is 0.837. The number of carbonyl (C=O) groups excluding carboxylic acids is 1. The molecule has 0 unspecified atom stereocenters. The van der Waals surface area contributed by atoms with E-state index in [0.29, 0.717) is 5.69 Å². The van der Waals surface area contributed by atoms with Crippen LogP contribution in [0.3, 0.4) is 0 Å². The van der Waals surface area contributed by atoms with Gasteiger partial charge in [0.05, 0.1) is 12.4 Å². The van der Waals surface area contributed by atoms with Crippen molar-refractivity contribution in [3.63, 3.8) is 0 Å². The minimum absolute atomic E-state index is 0.00583. The molecule has 6 nitrogen and oxygen atoms in total. The molecular weight excluding hydrogens is 338 g/mol. The predicted molar refractivity (Wildman–Crippen MR) is 108 cm³/mol. The molecular formula is C21H27N5O. The van der Waals surface area contributed by atoms with Gasteiger partial charge in [0.15, 0.2) is 0 Å². The summed E-state index contributed by atoms with van der Waals surface area (Å²) >= 11 is 0. The lowest BCUT2D eigenvalue weighted by molar-refractivity contribution is 0.0786. The fourth-order valence-corrected chi connectivity index (χ4v) is 3.93. The highest BCUT2D eigenvalue weighted by molar-refractivity contribution is 5.92. The van der Waals surface area contributed by atoms with E-state index < -0.39 is 0 Å². The van der Waals surface area contributed by atoms with Crippen molar-refractivity contribution in [1.29, 1.82) is 0 Å². The van der Waals surface area contributed by atoms with Crippen molar-refractivity contribution in [3.8, 4) is 0 Å². The van der Waals surface area contributed by atoms with Crippen LogP contribution in [0.4, 0.5) is 11.5 Å². The molecule has 0 radical (unpaired) electrons. The number of likely N-dealkylation sites (tertiary alicyclic amines) is 1. The maximum atomic E-state index is 12.4. The number of hydrogen-bond donors (Lipinski definition) is 0. The van der Waals surface area contributed by atoms with E-state index in [1.54, 1.807) is 12.4 Å². The van der Waals surface area contributed by atoms with E-state index in [1.165, 1.54) is 16.8 Å². The van der Waals surface area contributed by atoms with Crippen molar-refractivity contribution >= 4 is 17.4 Å². The minimum atomic E-state index is 0.00583. The number of rotatable bonds is 3. The van der Waals surface area contributed by atoms with Crippen molar-refractivity contribution in [2.24, 2.45) is 0 Å². The van der Waals surface area contributed by atoms with E-state index in [0.717, 1.165) is 57.9 Å². The second kappa shape index (κ2) is 7.55. The van der Waals surface area contributed by atoms with E-state index in [9.17, 15) is 4.79 Å². The van der Waals surface area contributed by atoms with Crippen molar-refractivity contribution in [1.82, 2.24) is 14.9 Å². The summed E-state index contributed by atoms with van der Waals surface area (Å²) in [6.45, 7) is 9.75. The summed E-state index contributed by atoms with van der Waals surface area (Å²) in [5.74, 6) is 0.861. The number of carbonyl (C=O) groups is 1. The van der Waals surface area contributed by atoms with Gasteiger partial charge in [0.1, 0.15) is 11.5 Å². The monoisotopic (exact) mass is 365 g/mol. The second-order valence-electron chi connectivity index (χ2n) is 7.45. The molecule has 6 heteroatoms. The SMILES string of the molecule is Cc1cccc(N2CCN(c3cnc(C(=O)N4CCCC4)cn3)CC2)c1C. The van der Waals surface area contributed by atoms with Crippen LogP contribution in [-0.2, 0) is 0 Å². The topological polar surface area (TPSA) is 52.6 Å². The number of amides is 1. The van der Waals surface area contributed by atoms with Gasteiger partial charge >= 0.3 is 0 Å². The van der Waals surface area contributed by atoms with Crippen LogP contribution in [0.1, 0.15) is 34.5 Å². The Morgan fingerprint density at radius 3 is 2.26 bits per heavy atom. The zero-order valence-electron chi connectivity index (χ0n) is 16.2. The third kappa shape index (κ3) is 3.61. The van der Waals surface area contributed by atoms with Crippen LogP contribution >= 0.6 is 0 Å². The molecule has 2 saturated heterocycles. The van der Waals surface area contributed by atoms with Gasteiger partial charge in [-0.3, -0.25) is 4.79 Å². The second-order valence-corrected chi connectivity index (χ2v) is 7.45. The summed E-state index contributed by atoms with van der Waals surface area (Å²) in [6, 6.07) is 6.50. The van der Waals surface area contributed by atoms with Gasteiger partial charge in [-0.2, -0.15) is 0 Å². The Hall–Kier alpha value is -2.63. The molecule has 0 atom stereocenters. The molecule has 2 fully saturated rings. The summed E-state index contributed by atoms with van der Waals surface area (Å²) in [7, 11) is 0. The Morgan fingerprint density at radius 2 is 1.59 bits per heavy atom. The molecule has 2 aliphatic rings. The lowest BCUT2D eigenvalue weighted by Gasteiger charge is -2.37. The molecule has 4 rings (SSSR count). The molecule has 2 aliphatic heterocycles. The summed E-state index contributed by atoms with van der Waals surface area (Å²) in [5, 5.41) is 0. The first-order valence-electron chi connectivity index (χ1n) is 9.81. The van der Waals surface area contributed by atoms with E-state index in [1.807, 2.05) is 4.90 Å². The molecule has 0 N–H and O–H groups in total. The Labute approximate surface area is 160 Å². The molecule has 0 aliphatic carbocycles. The maximum Gasteiger partial charge on any atom is 0.274 e. The average Bonchev–Trinajstić information content (AvgIpc) is 3.25. The largest absolute Gasteiger partial charge is 0.368 e. The van der Waals surface area contributed by atoms with Gasteiger partial charge in [-0.25, -0.2) is 9.97 Å². The fourth-order valence-electron chi connectivity index (χ4n) is 3.93. The highest BCUT2D eigenvalue weighted by Crippen LogP contribution is 2.25. The Balaban J connectivity index is 1.39. The van der Waals surface area contributed by atoms with E-state index >= 15 is 0 Å². The number of aryl methyl sites for hydroxylation is 1. The van der Waals surface area contributed by atoms with Crippen LogP contribution in [-0.4, -0.2) is 60.0 Å². The van der Waals surface area contributed by atoms with Crippen LogP contribution < -0.4 is 9.80 Å². The van der Waals surface area contributed by atoms with Crippen LogP contribution in [0.15, 0.2) is 30.6 Å². The van der Waals surface area contributed by atoms with Gasteiger partial charge in [0.25, 0.3) is 5.91 Å². The highest BCUT2D eigenvalue weighted by Gasteiger charge is 2.23. The van der Waals surface area contributed by atoms with Crippen LogP contribution in [0.25, 0.3) is 0 Å². The minimum Gasteiger partial charge on any atom is -0.368 e. The molecule has 3 heterocycles. The van der Waals surface area contributed by atoms with Crippen molar-refractivity contribution < 1.29 is 4.79 Å². The first-order chi connectivity index (χ1) is 13.1. The summed E-state index contributed by atoms with van der Waals surface area (Å²) in [6.07, 6.45) is 5.55. The first kappa shape index (κ1) is 17.8. The highest BCUT2D eigenvalue weighted by atomic mass is 16.2. The Morgan fingerprint density at radius 1 is 0.889 bits per heavy atom. The zero-order valence-corrected chi connectivity index (χ0v) is 16.2. The van der Waals surface area contributed by atoms with Crippen LogP contribution in [0.2, 0.25) is 0 Å². The van der Waals surface area contributed by atoms with E-state index in [4.69, 9.17) is 0 Å². The Kier molecular flexibility index (Phi) is 4.97. The lowest BCUT2D eigenvalue weighted by Crippen LogP contribution is -2.47. The van der Waals surface area contributed by atoms with E-state index in [2.05, 4.69) is 51.8 Å². The van der Waals surface area contributed by atoms with Gasteiger partial charge in [-0.15, -0.1) is 0 Å². The molecule has 1 amide bonds. The summed E-state index contributed by atoms with van der Waals surface area (Å²) in [4.78, 5) is 27.9. The number of benzene rings is 1. The third-order valence-corrected chi connectivity index (χ3v) is 5.77. The summed E-state index contributed by atoms with van der Waals surface area (Å²) < 4.78 is 0. The molecule has 2 aromatic rings. The summed E-state index contributed by atoms with van der Waals surface area (Å²) in [5.41, 5.74) is 4.47. The fraction of sp³-hybridized carbons (Fsp3) is 0.476. The lowest BCUT2D eigenvalue weighted by atomic mass is 10.1. The first-order valence-corrected chi connectivity index (χ1v) is 9.81. The Bertz CT molecular complexity index is 806. The van der Waals surface area contributed by atoms with Gasteiger partial charge in [0.2, 0.25) is 0 Å². The maximum absolute atomic E-state index is 12.4.